The molecule has 0 aromatic rings. The van der Waals surface area contributed by atoms with Crippen LogP contribution in [0.2, 0.25) is 0 Å². The molecule has 2 aliphatic rings. The number of fused-ring (bicyclic) bond motifs is 1. The van der Waals surface area contributed by atoms with E-state index in [1.807, 2.05) is 0 Å². The van der Waals surface area contributed by atoms with Gasteiger partial charge in [-0.05, 0) is 24.7 Å². The maximum absolute atomic E-state index is 9.78. The van der Waals surface area contributed by atoms with Crippen molar-refractivity contribution < 1.29 is 9.84 Å². The summed E-state index contributed by atoms with van der Waals surface area (Å²) < 4.78 is 5.32. The summed E-state index contributed by atoms with van der Waals surface area (Å²) in [4.78, 5) is 0. The van der Waals surface area contributed by atoms with E-state index in [4.69, 9.17) is 4.74 Å². The lowest BCUT2D eigenvalue weighted by Crippen LogP contribution is -2.48. The van der Waals surface area contributed by atoms with Crippen LogP contribution in [0.25, 0.3) is 0 Å². The quantitative estimate of drug-likeness (QED) is 0.602. The van der Waals surface area contributed by atoms with Crippen molar-refractivity contribution in [1.29, 1.82) is 0 Å². The van der Waals surface area contributed by atoms with Gasteiger partial charge in [0.25, 0.3) is 0 Å². The lowest BCUT2D eigenvalue weighted by atomic mass is 9.64. The summed E-state index contributed by atoms with van der Waals surface area (Å²) in [7, 11) is 0. The second kappa shape index (κ2) is 2.46. The van der Waals surface area contributed by atoms with E-state index in [1.165, 1.54) is 12.8 Å². The minimum absolute atomic E-state index is 0.0191. The Labute approximate surface area is 73.9 Å². The lowest BCUT2D eigenvalue weighted by Gasteiger charge is -2.48. The second-order valence-electron chi connectivity index (χ2n) is 4.80. The van der Waals surface area contributed by atoms with Gasteiger partial charge < -0.3 is 9.84 Å². The molecule has 1 aliphatic carbocycles. The fourth-order valence-electron chi connectivity index (χ4n) is 2.84. The van der Waals surface area contributed by atoms with Crippen molar-refractivity contribution in [1.82, 2.24) is 0 Å². The third kappa shape index (κ3) is 0.882. The highest BCUT2D eigenvalue weighted by Crippen LogP contribution is 2.58. The molecule has 0 amide bonds. The molecule has 12 heavy (non-hydrogen) atoms. The van der Waals surface area contributed by atoms with Crippen molar-refractivity contribution in [2.45, 2.75) is 45.8 Å². The standard InChI is InChI=1S/C10H18O2/c1-9-4-3-5-10(9,2)8(11)12-7-6-9/h8,11H,3-7H2,1-2H3. The molecule has 70 valence electrons. The lowest BCUT2D eigenvalue weighted by molar-refractivity contribution is -0.236. The molecule has 0 aromatic carbocycles. The monoisotopic (exact) mass is 170 g/mol. The van der Waals surface area contributed by atoms with Gasteiger partial charge in [0.1, 0.15) is 0 Å². The van der Waals surface area contributed by atoms with Gasteiger partial charge >= 0.3 is 0 Å². The van der Waals surface area contributed by atoms with E-state index in [1.54, 1.807) is 0 Å². The Kier molecular flexibility index (Phi) is 1.74. The summed E-state index contributed by atoms with van der Waals surface area (Å²) in [6.45, 7) is 5.20. The summed E-state index contributed by atoms with van der Waals surface area (Å²) in [5.74, 6) is 0. The van der Waals surface area contributed by atoms with Crippen molar-refractivity contribution in [2.75, 3.05) is 6.61 Å². The number of aliphatic hydroxyl groups is 1. The van der Waals surface area contributed by atoms with Crippen molar-refractivity contribution in [2.24, 2.45) is 10.8 Å². The molecule has 3 atom stereocenters. The van der Waals surface area contributed by atoms with Gasteiger partial charge in [0.2, 0.25) is 0 Å². The molecule has 0 spiro atoms. The van der Waals surface area contributed by atoms with Crippen LogP contribution in [0.4, 0.5) is 0 Å². The first-order valence-corrected chi connectivity index (χ1v) is 4.88. The third-order valence-electron chi connectivity index (χ3n) is 4.28. The highest BCUT2D eigenvalue weighted by molar-refractivity contribution is 5.01. The molecule has 0 bridgehead atoms. The summed E-state index contributed by atoms with van der Waals surface area (Å²) >= 11 is 0. The fraction of sp³-hybridized carbons (Fsp3) is 1.00. The van der Waals surface area contributed by atoms with Gasteiger partial charge in [-0.1, -0.05) is 20.3 Å². The van der Waals surface area contributed by atoms with Gasteiger partial charge in [-0.3, -0.25) is 0 Å². The van der Waals surface area contributed by atoms with Crippen LogP contribution < -0.4 is 0 Å². The van der Waals surface area contributed by atoms with Gasteiger partial charge in [0.15, 0.2) is 6.29 Å². The van der Waals surface area contributed by atoms with E-state index in [9.17, 15) is 5.11 Å². The van der Waals surface area contributed by atoms with Crippen LogP contribution in [-0.2, 0) is 4.74 Å². The van der Waals surface area contributed by atoms with Crippen LogP contribution in [0.5, 0.6) is 0 Å². The molecular weight excluding hydrogens is 152 g/mol. The zero-order valence-electron chi connectivity index (χ0n) is 7.97. The fourth-order valence-corrected chi connectivity index (χ4v) is 2.84. The molecule has 1 saturated heterocycles. The molecule has 0 aromatic heterocycles. The molecule has 2 fully saturated rings. The smallest absolute Gasteiger partial charge is 0.160 e. The Morgan fingerprint density at radius 3 is 2.67 bits per heavy atom. The van der Waals surface area contributed by atoms with Crippen LogP contribution in [-0.4, -0.2) is 18.0 Å². The van der Waals surface area contributed by atoms with E-state index >= 15 is 0 Å². The van der Waals surface area contributed by atoms with Gasteiger partial charge in [0.05, 0.1) is 6.61 Å². The minimum atomic E-state index is -0.529. The normalized spacial score (nSPS) is 53.8. The summed E-state index contributed by atoms with van der Waals surface area (Å²) in [5.41, 5.74) is 0.343. The molecule has 1 saturated carbocycles. The van der Waals surface area contributed by atoms with Gasteiger partial charge in [-0.25, -0.2) is 0 Å². The molecule has 1 heterocycles. The van der Waals surface area contributed by atoms with E-state index in [2.05, 4.69) is 13.8 Å². The van der Waals surface area contributed by atoms with Gasteiger partial charge in [0, 0.05) is 5.41 Å². The average Bonchev–Trinajstić information content (AvgIpc) is 2.30. The number of aliphatic hydroxyl groups excluding tert-OH is 1. The van der Waals surface area contributed by atoms with E-state index in [-0.39, 0.29) is 5.41 Å². The predicted molar refractivity (Wildman–Crippen MR) is 46.6 cm³/mol. The van der Waals surface area contributed by atoms with Crippen molar-refractivity contribution >= 4 is 0 Å². The van der Waals surface area contributed by atoms with E-state index in [0.29, 0.717) is 5.41 Å². The van der Waals surface area contributed by atoms with E-state index in [0.717, 1.165) is 19.4 Å². The van der Waals surface area contributed by atoms with Crippen molar-refractivity contribution in [3.63, 3.8) is 0 Å². The minimum Gasteiger partial charge on any atom is -0.367 e. The number of hydrogen-bond acceptors (Lipinski definition) is 2. The number of hydrogen-bond donors (Lipinski definition) is 1. The second-order valence-corrected chi connectivity index (χ2v) is 4.80. The Morgan fingerprint density at radius 1 is 1.25 bits per heavy atom. The molecule has 2 rings (SSSR count). The number of rotatable bonds is 0. The van der Waals surface area contributed by atoms with E-state index < -0.39 is 6.29 Å². The maximum Gasteiger partial charge on any atom is 0.160 e. The zero-order valence-corrected chi connectivity index (χ0v) is 7.97. The van der Waals surface area contributed by atoms with Crippen LogP contribution in [0.1, 0.15) is 39.5 Å². The summed E-state index contributed by atoms with van der Waals surface area (Å²) in [5, 5.41) is 9.78. The molecule has 2 nitrogen and oxygen atoms in total. The SMILES string of the molecule is CC12CCCC1(C)C(O)OCC2. The molecule has 1 aliphatic heterocycles. The van der Waals surface area contributed by atoms with Crippen molar-refractivity contribution in [3.8, 4) is 0 Å². The van der Waals surface area contributed by atoms with Crippen LogP contribution in [0.3, 0.4) is 0 Å². The first-order valence-electron chi connectivity index (χ1n) is 4.88. The van der Waals surface area contributed by atoms with Gasteiger partial charge in [-0.15, -0.1) is 0 Å². The van der Waals surface area contributed by atoms with Gasteiger partial charge in [-0.2, -0.15) is 0 Å². The molecule has 0 radical (unpaired) electrons. The Morgan fingerprint density at radius 2 is 2.00 bits per heavy atom. The molecule has 3 unspecified atom stereocenters. The summed E-state index contributed by atoms with van der Waals surface area (Å²) in [6, 6.07) is 0. The first kappa shape index (κ1) is 8.52. The summed E-state index contributed by atoms with van der Waals surface area (Å²) in [6.07, 6.45) is 4.20. The first-order chi connectivity index (χ1) is 5.58. The molecular formula is C10H18O2. The molecule has 1 N–H and O–H groups in total. The van der Waals surface area contributed by atoms with Crippen molar-refractivity contribution in [3.05, 3.63) is 0 Å². The Bertz CT molecular complexity index is 192. The van der Waals surface area contributed by atoms with Crippen LogP contribution in [0, 0.1) is 10.8 Å². The number of ether oxygens (including phenoxy) is 1. The zero-order chi connectivity index (χ0) is 8.82. The Balaban J connectivity index is 2.30. The predicted octanol–water partition coefficient (Wildman–Crippen LogP) is 1.92. The largest absolute Gasteiger partial charge is 0.367 e. The van der Waals surface area contributed by atoms with Crippen LogP contribution in [0.15, 0.2) is 0 Å². The third-order valence-corrected chi connectivity index (χ3v) is 4.28. The highest BCUT2D eigenvalue weighted by Gasteiger charge is 2.55. The topological polar surface area (TPSA) is 29.5 Å². The van der Waals surface area contributed by atoms with Crippen LogP contribution >= 0.6 is 0 Å². The Hall–Kier alpha value is -0.0800. The highest BCUT2D eigenvalue weighted by atomic mass is 16.6. The maximum atomic E-state index is 9.78. The average molecular weight is 170 g/mol. The molecule has 2 heteroatoms.